The van der Waals surface area contributed by atoms with Gasteiger partial charge in [0.05, 0.1) is 13.2 Å². The zero-order valence-electron chi connectivity index (χ0n) is 6.50. The van der Waals surface area contributed by atoms with Crippen LogP contribution in [0.25, 0.3) is 0 Å². The minimum absolute atomic E-state index is 0.410. The lowest BCUT2D eigenvalue weighted by atomic mass is 9.96. The van der Waals surface area contributed by atoms with Crippen LogP contribution in [0.1, 0.15) is 19.8 Å². The Labute approximate surface area is 65.1 Å². The zero-order valence-corrected chi connectivity index (χ0v) is 6.50. The van der Waals surface area contributed by atoms with Gasteiger partial charge in [-0.05, 0) is 6.42 Å². The monoisotopic (exact) mass is 160 g/mol. The van der Waals surface area contributed by atoms with Crippen LogP contribution in [0.2, 0.25) is 0 Å². The van der Waals surface area contributed by atoms with Gasteiger partial charge in [0.25, 0.3) is 0 Å². The van der Waals surface area contributed by atoms with E-state index in [1.165, 1.54) is 0 Å². The molecule has 0 aromatic rings. The molecule has 0 atom stereocenters. The molecule has 1 heterocycles. The second-order valence-corrected chi connectivity index (χ2v) is 2.79. The van der Waals surface area contributed by atoms with Gasteiger partial charge in [-0.2, -0.15) is 0 Å². The first-order valence-corrected chi connectivity index (χ1v) is 3.68. The number of carboxylic acid groups (broad SMARTS) is 1. The second-order valence-electron chi connectivity index (χ2n) is 2.79. The van der Waals surface area contributed by atoms with Gasteiger partial charge in [0.15, 0.2) is 5.60 Å². The highest BCUT2D eigenvalue weighted by molar-refractivity contribution is 5.57. The first kappa shape index (κ1) is 8.33. The summed E-state index contributed by atoms with van der Waals surface area (Å²) in [4.78, 5) is 10.2. The maximum Gasteiger partial charge on any atom is 0.506 e. The van der Waals surface area contributed by atoms with Crippen LogP contribution in [0.4, 0.5) is 4.79 Å². The molecule has 1 fully saturated rings. The normalized spacial score (nSPS) is 20.5. The van der Waals surface area contributed by atoms with E-state index in [2.05, 4.69) is 0 Å². The van der Waals surface area contributed by atoms with Gasteiger partial charge < -0.3 is 14.6 Å². The van der Waals surface area contributed by atoms with Gasteiger partial charge in [0.2, 0.25) is 0 Å². The summed E-state index contributed by atoms with van der Waals surface area (Å²) >= 11 is 0. The fourth-order valence-corrected chi connectivity index (χ4v) is 1.22. The van der Waals surface area contributed by atoms with Crippen molar-refractivity contribution in [1.29, 1.82) is 0 Å². The van der Waals surface area contributed by atoms with Crippen LogP contribution >= 0.6 is 0 Å². The van der Waals surface area contributed by atoms with Crippen molar-refractivity contribution < 1.29 is 19.4 Å². The van der Waals surface area contributed by atoms with E-state index in [4.69, 9.17) is 14.6 Å². The molecular formula is C7H12O4. The molecular weight excluding hydrogens is 148 g/mol. The Bertz CT molecular complexity index is 151. The summed E-state index contributed by atoms with van der Waals surface area (Å²) in [5, 5.41) is 8.36. The summed E-state index contributed by atoms with van der Waals surface area (Å²) in [6, 6.07) is 0. The molecule has 0 amide bonds. The maximum atomic E-state index is 10.2. The molecule has 1 saturated heterocycles. The molecule has 0 unspecified atom stereocenters. The van der Waals surface area contributed by atoms with Crippen molar-refractivity contribution in [2.45, 2.75) is 25.4 Å². The predicted octanol–water partition coefficient (Wildman–Crippen LogP) is 1.25. The van der Waals surface area contributed by atoms with Gasteiger partial charge in [-0.3, -0.25) is 0 Å². The third-order valence-electron chi connectivity index (χ3n) is 1.74. The smallest absolute Gasteiger partial charge is 0.450 e. The Morgan fingerprint density at radius 2 is 2.36 bits per heavy atom. The molecule has 11 heavy (non-hydrogen) atoms. The molecule has 1 rings (SSSR count). The van der Waals surface area contributed by atoms with Crippen molar-refractivity contribution in [3.8, 4) is 0 Å². The van der Waals surface area contributed by atoms with Crippen LogP contribution in [0.3, 0.4) is 0 Å². The summed E-state index contributed by atoms with van der Waals surface area (Å²) in [5.74, 6) is 0. The Morgan fingerprint density at radius 1 is 1.73 bits per heavy atom. The first-order valence-electron chi connectivity index (χ1n) is 3.68. The standard InChI is InChI=1S/C7H12O4/c1-2-3-7(4-10-5-7)11-6(8)9/h2-5H2,1H3,(H,8,9). The highest BCUT2D eigenvalue weighted by Gasteiger charge is 2.41. The van der Waals surface area contributed by atoms with Crippen molar-refractivity contribution >= 4 is 6.16 Å². The van der Waals surface area contributed by atoms with E-state index >= 15 is 0 Å². The molecule has 0 aromatic heterocycles. The topological polar surface area (TPSA) is 55.8 Å². The Kier molecular flexibility index (Phi) is 2.34. The minimum Gasteiger partial charge on any atom is -0.450 e. The SMILES string of the molecule is CCCC1(OC(=O)O)COC1. The molecule has 0 spiro atoms. The Morgan fingerprint density at radius 3 is 2.64 bits per heavy atom. The number of hydrogen-bond donors (Lipinski definition) is 1. The van der Waals surface area contributed by atoms with Gasteiger partial charge >= 0.3 is 6.16 Å². The summed E-state index contributed by atoms with van der Waals surface area (Å²) < 4.78 is 9.61. The average Bonchev–Trinajstić information content (AvgIpc) is 1.82. The average molecular weight is 160 g/mol. The van der Waals surface area contributed by atoms with Gasteiger partial charge in [-0.1, -0.05) is 13.3 Å². The maximum absolute atomic E-state index is 10.2. The van der Waals surface area contributed by atoms with Crippen LogP contribution < -0.4 is 0 Å². The molecule has 0 bridgehead atoms. The fraction of sp³-hybridized carbons (Fsp3) is 0.857. The summed E-state index contributed by atoms with van der Waals surface area (Å²) in [6.07, 6.45) is 0.456. The highest BCUT2D eigenvalue weighted by Crippen LogP contribution is 2.27. The highest BCUT2D eigenvalue weighted by atomic mass is 16.7. The van der Waals surface area contributed by atoms with Crippen molar-refractivity contribution in [2.75, 3.05) is 13.2 Å². The lowest BCUT2D eigenvalue weighted by molar-refractivity contribution is -0.189. The molecule has 1 aliphatic heterocycles. The Balaban J connectivity index is 2.39. The van der Waals surface area contributed by atoms with Crippen molar-refractivity contribution in [2.24, 2.45) is 0 Å². The Hall–Kier alpha value is -0.770. The molecule has 4 heteroatoms. The summed E-state index contributed by atoms with van der Waals surface area (Å²) in [5.41, 5.74) is -0.527. The van der Waals surface area contributed by atoms with Gasteiger partial charge in [0, 0.05) is 0 Å². The van der Waals surface area contributed by atoms with Gasteiger partial charge in [-0.25, -0.2) is 4.79 Å². The molecule has 4 nitrogen and oxygen atoms in total. The van der Waals surface area contributed by atoms with Crippen LogP contribution in [0.15, 0.2) is 0 Å². The van der Waals surface area contributed by atoms with Crippen LogP contribution in [0.5, 0.6) is 0 Å². The van der Waals surface area contributed by atoms with Crippen molar-refractivity contribution in [3.05, 3.63) is 0 Å². The van der Waals surface area contributed by atoms with Crippen LogP contribution in [-0.2, 0) is 9.47 Å². The van der Waals surface area contributed by atoms with Gasteiger partial charge in [0.1, 0.15) is 0 Å². The number of carbonyl (C=O) groups is 1. The van der Waals surface area contributed by atoms with E-state index in [-0.39, 0.29) is 0 Å². The minimum atomic E-state index is -1.21. The van der Waals surface area contributed by atoms with E-state index in [1.807, 2.05) is 6.92 Å². The summed E-state index contributed by atoms with van der Waals surface area (Å²) in [7, 11) is 0. The largest absolute Gasteiger partial charge is 0.506 e. The van der Waals surface area contributed by atoms with E-state index in [0.29, 0.717) is 13.2 Å². The van der Waals surface area contributed by atoms with Crippen LogP contribution in [-0.4, -0.2) is 30.1 Å². The number of rotatable bonds is 3. The van der Waals surface area contributed by atoms with Crippen molar-refractivity contribution in [3.63, 3.8) is 0 Å². The molecule has 0 saturated carbocycles. The van der Waals surface area contributed by atoms with Gasteiger partial charge in [-0.15, -0.1) is 0 Å². The quantitative estimate of drug-likeness (QED) is 0.631. The molecule has 0 radical (unpaired) electrons. The van der Waals surface area contributed by atoms with E-state index in [0.717, 1.165) is 12.8 Å². The zero-order chi connectivity index (χ0) is 8.32. The molecule has 0 aromatic carbocycles. The van der Waals surface area contributed by atoms with E-state index in [9.17, 15) is 4.79 Å². The second kappa shape index (κ2) is 3.09. The van der Waals surface area contributed by atoms with Crippen molar-refractivity contribution in [1.82, 2.24) is 0 Å². The first-order chi connectivity index (χ1) is 5.18. The third-order valence-corrected chi connectivity index (χ3v) is 1.74. The lowest BCUT2D eigenvalue weighted by Gasteiger charge is -2.39. The molecule has 1 N–H and O–H groups in total. The summed E-state index contributed by atoms with van der Waals surface area (Å²) in [6.45, 7) is 2.81. The fourth-order valence-electron chi connectivity index (χ4n) is 1.22. The number of ether oxygens (including phenoxy) is 2. The van der Waals surface area contributed by atoms with Crippen LogP contribution in [0, 0.1) is 0 Å². The van der Waals surface area contributed by atoms with E-state index < -0.39 is 11.8 Å². The molecule has 0 aliphatic carbocycles. The predicted molar refractivity (Wildman–Crippen MR) is 37.6 cm³/mol. The molecule has 1 aliphatic rings. The number of hydrogen-bond acceptors (Lipinski definition) is 3. The lowest BCUT2D eigenvalue weighted by Crippen LogP contribution is -2.52. The third kappa shape index (κ3) is 1.83. The molecule has 64 valence electrons. The van der Waals surface area contributed by atoms with E-state index in [1.54, 1.807) is 0 Å².